The van der Waals surface area contributed by atoms with Crippen LogP contribution in [0.15, 0.2) is 41.2 Å². The van der Waals surface area contributed by atoms with Crippen molar-refractivity contribution >= 4 is 33.5 Å². The second-order valence-corrected chi connectivity index (χ2v) is 7.00. The lowest BCUT2D eigenvalue weighted by atomic mass is 10.1. The van der Waals surface area contributed by atoms with Gasteiger partial charge in [0.15, 0.2) is 0 Å². The average Bonchev–Trinajstić information content (AvgIpc) is 3.30. The predicted octanol–water partition coefficient (Wildman–Crippen LogP) is 4.17. The molecule has 0 amide bonds. The van der Waals surface area contributed by atoms with E-state index in [1.54, 1.807) is 6.26 Å². The van der Waals surface area contributed by atoms with Gasteiger partial charge in [0.2, 0.25) is 0 Å². The summed E-state index contributed by atoms with van der Waals surface area (Å²) in [7, 11) is 0. The maximum Gasteiger partial charge on any atom is 0.124 e. The van der Waals surface area contributed by atoms with Gasteiger partial charge in [-0.05, 0) is 31.0 Å². The van der Waals surface area contributed by atoms with E-state index in [2.05, 4.69) is 14.7 Å². The monoisotopic (exact) mass is 368 g/mol. The molecule has 0 atom stereocenters. The third-order valence-corrected chi connectivity index (χ3v) is 5.17. The minimum absolute atomic E-state index is 0.334. The number of imidazole rings is 1. The molecule has 26 heavy (non-hydrogen) atoms. The van der Waals surface area contributed by atoms with Crippen molar-refractivity contribution in [2.24, 2.45) is 0 Å². The Morgan fingerprint density at radius 2 is 2.04 bits per heavy atom. The highest BCUT2D eigenvalue weighted by Crippen LogP contribution is 2.33. The number of benzene rings is 1. The van der Waals surface area contributed by atoms with E-state index in [9.17, 15) is 0 Å². The summed E-state index contributed by atoms with van der Waals surface area (Å²) in [6, 6.07) is 8.01. The Morgan fingerprint density at radius 3 is 2.85 bits per heavy atom. The highest BCUT2D eigenvalue weighted by Gasteiger charge is 2.24. The maximum absolute atomic E-state index is 6.28. The molecular weight excluding hydrogens is 352 g/mol. The first kappa shape index (κ1) is 15.8. The van der Waals surface area contributed by atoms with Crippen LogP contribution >= 0.6 is 11.6 Å². The van der Waals surface area contributed by atoms with Crippen molar-refractivity contribution in [1.29, 1.82) is 0 Å². The molecule has 1 aromatic carbocycles. The van der Waals surface area contributed by atoms with E-state index < -0.39 is 0 Å². The molecule has 3 aromatic heterocycles. The molecule has 1 aliphatic heterocycles. The number of hydrogen-bond acceptors (Lipinski definition) is 5. The Kier molecular flexibility index (Phi) is 3.87. The molecule has 0 aliphatic carbocycles. The quantitative estimate of drug-likeness (QED) is 0.543. The number of aromatic nitrogens is 4. The van der Waals surface area contributed by atoms with Crippen molar-refractivity contribution < 1.29 is 9.26 Å². The molecule has 7 heteroatoms. The number of ether oxygens (including phenoxy) is 1. The van der Waals surface area contributed by atoms with Crippen LogP contribution in [0.25, 0.3) is 21.9 Å². The number of pyridine rings is 1. The molecule has 4 heterocycles. The Labute approximate surface area is 154 Å². The van der Waals surface area contributed by atoms with Crippen LogP contribution in [0.3, 0.4) is 0 Å². The Hall–Kier alpha value is -2.44. The first-order valence-electron chi connectivity index (χ1n) is 8.71. The van der Waals surface area contributed by atoms with Crippen molar-refractivity contribution in [3.8, 4) is 0 Å². The van der Waals surface area contributed by atoms with Gasteiger partial charge in [0.05, 0.1) is 29.3 Å². The van der Waals surface area contributed by atoms with Crippen LogP contribution in [-0.2, 0) is 11.2 Å². The Bertz CT molecular complexity index is 1070. The zero-order valence-corrected chi connectivity index (χ0v) is 14.8. The molecule has 0 spiro atoms. The lowest BCUT2D eigenvalue weighted by Gasteiger charge is -2.26. The maximum atomic E-state index is 6.28. The molecule has 0 unspecified atom stereocenters. The van der Waals surface area contributed by atoms with Crippen LogP contribution in [0.1, 0.15) is 30.4 Å². The number of nitrogens with zero attached hydrogens (tertiary/aromatic N) is 4. The van der Waals surface area contributed by atoms with Crippen LogP contribution in [-0.4, -0.2) is 32.9 Å². The molecular formula is C19H17ClN4O2. The van der Waals surface area contributed by atoms with Crippen molar-refractivity contribution in [2.45, 2.75) is 25.3 Å². The normalized spacial score (nSPS) is 15.9. The van der Waals surface area contributed by atoms with E-state index in [4.69, 9.17) is 25.8 Å². The number of rotatable bonds is 3. The summed E-state index contributed by atoms with van der Waals surface area (Å²) >= 11 is 6.28. The number of halogens is 1. The van der Waals surface area contributed by atoms with Crippen LogP contribution in [0.2, 0.25) is 5.02 Å². The van der Waals surface area contributed by atoms with Gasteiger partial charge in [0.25, 0.3) is 0 Å². The highest BCUT2D eigenvalue weighted by molar-refractivity contribution is 6.31. The van der Waals surface area contributed by atoms with Gasteiger partial charge in [-0.3, -0.25) is 4.98 Å². The fourth-order valence-corrected chi connectivity index (χ4v) is 3.92. The molecule has 132 valence electrons. The highest BCUT2D eigenvalue weighted by atomic mass is 35.5. The summed E-state index contributed by atoms with van der Waals surface area (Å²) in [6.07, 6.45) is 5.97. The second-order valence-electron chi connectivity index (χ2n) is 6.56. The number of fused-ring (bicyclic) bond motifs is 3. The first-order chi connectivity index (χ1) is 12.8. The van der Waals surface area contributed by atoms with Crippen LogP contribution < -0.4 is 0 Å². The standard InChI is InChI=1S/C19H17ClN4O2/c20-12-1-2-16-15(9-12)19-17(11-21-16)22-18(10-13-3-8-26-23-13)24(19)14-4-6-25-7-5-14/h1-3,8-9,11,14H,4-7,10H2. The summed E-state index contributed by atoms with van der Waals surface area (Å²) in [5, 5.41) is 5.78. The van der Waals surface area contributed by atoms with Gasteiger partial charge < -0.3 is 13.8 Å². The van der Waals surface area contributed by atoms with Gasteiger partial charge in [0.1, 0.15) is 17.6 Å². The second kappa shape index (κ2) is 6.37. The van der Waals surface area contributed by atoms with E-state index in [1.165, 1.54) is 0 Å². The van der Waals surface area contributed by atoms with Gasteiger partial charge >= 0.3 is 0 Å². The van der Waals surface area contributed by atoms with Gasteiger partial charge in [0, 0.05) is 35.7 Å². The van der Waals surface area contributed by atoms with Crippen molar-refractivity contribution in [3.05, 3.63) is 53.3 Å². The molecule has 0 bridgehead atoms. The molecule has 0 radical (unpaired) electrons. The summed E-state index contributed by atoms with van der Waals surface area (Å²) < 4.78 is 12.9. The third-order valence-electron chi connectivity index (χ3n) is 4.94. The van der Waals surface area contributed by atoms with Gasteiger partial charge in [-0.15, -0.1) is 0 Å². The van der Waals surface area contributed by atoms with E-state index in [0.717, 1.165) is 59.5 Å². The van der Waals surface area contributed by atoms with Crippen LogP contribution in [0.4, 0.5) is 0 Å². The summed E-state index contributed by atoms with van der Waals surface area (Å²) in [5.74, 6) is 0.968. The average molecular weight is 369 g/mol. The topological polar surface area (TPSA) is 66.0 Å². The van der Waals surface area contributed by atoms with E-state index in [0.29, 0.717) is 17.5 Å². The summed E-state index contributed by atoms with van der Waals surface area (Å²) in [4.78, 5) is 9.43. The van der Waals surface area contributed by atoms with Gasteiger partial charge in [-0.25, -0.2) is 4.98 Å². The first-order valence-corrected chi connectivity index (χ1v) is 9.09. The van der Waals surface area contributed by atoms with Crippen molar-refractivity contribution in [1.82, 2.24) is 19.7 Å². The van der Waals surface area contributed by atoms with Crippen molar-refractivity contribution in [3.63, 3.8) is 0 Å². The zero-order chi connectivity index (χ0) is 17.5. The molecule has 6 nitrogen and oxygen atoms in total. The fourth-order valence-electron chi connectivity index (χ4n) is 3.75. The molecule has 0 saturated carbocycles. The predicted molar refractivity (Wildman–Crippen MR) is 98.4 cm³/mol. The molecule has 1 saturated heterocycles. The SMILES string of the molecule is Clc1ccc2ncc3nc(Cc4ccon4)n(C4CCOCC4)c3c2c1. The molecule has 1 fully saturated rings. The third kappa shape index (κ3) is 2.66. The Balaban J connectivity index is 1.77. The molecule has 5 rings (SSSR count). The molecule has 4 aromatic rings. The van der Waals surface area contributed by atoms with E-state index >= 15 is 0 Å². The minimum Gasteiger partial charge on any atom is -0.381 e. The summed E-state index contributed by atoms with van der Waals surface area (Å²) in [6.45, 7) is 1.52. The minimum atomic E-state index is 0.334. The molecule has 1 aliphatic rings. The largest absolute Gasteiger partial charge is 0.381 e. The lowest BCUT2D eigenvalue weighted by molar-refractivity contribution is 0.0700. The number of hydrogen-bond donors (Lipinski definition) is 0. The zero-order valence-electron chi connectivity index (χ0n) is 14.1. The van der Waals surface area contributed by atoms with Crippen molar-refractivity contribution in [2.75, 3.05) is 13.2 Å². The fraction of sp³-hybridized carbons (Fsp3) is 0.316. The van der Waals surface area contributed by atoms with E-state index in [1.807, 2.05) is 30.5 Å². The molecule has 0 N–H and O–H groups in total. The van der Waals surface area contributed by atoms with Crippen LogP contribution in [0, 0.1) is 0 Å². The van der Waals surface area contributed by atoms with E-state index in [-0.39, 0.29) is 0 Å². The van der Waals surface area contributed by atoms with Gasteiger partial charge in [-0.2, -0.15) is 0 Å². The smallest absolute Gasteiger partial charge is 0.124 e. The van der Waals surface area contributed by atoms with Gasteiger partial charge in [-0.1, -0.05) is 16.8 Å². The Morgan fingerprint density at radius 1 is 1.15 bits per heavy atom. The lowest BCUT2D eigenvalue weighted by Crippen LogP contribution is -2.21. The summed E-state index contributed by atoms with van der Waals surface area (Å²) in [5.41, 5.74) is 3.75. The van der Waals surface area contributed by atoms with Crippen LogP contribution in [0.5, 0.6) is 0 Å².